The Kier molecular flexibility index (Phi) is 4.98. The van der Waals surface area contributed by atoms with E-state index in [1.165, 1.54) is 24.3 Å². The summed E-state index contributed by atoms with van der Waals surface area (Å²) in [4.78, 5) is 22.4. The van der Waals surface area contributed by atoms with E-state index in [1.54, 1.807) is 28.8 Å². The zero-order valence-electron chi connectivity index (χ0n) is 17.3. The van der Waals surface area contributed by atoms with Crippen molar-refractivity contribution in [3.8, 4) is 17.3 Å². The Morgan fingerprint density at radius 2 is 1.85 bits per heavy atom. The smallest absolute Gasteiger partial charge is 0.279 e. The second-order valence-corrected chi connectivity index (χ2v) is 7.88. The Balaban J connectivity index is 1.62. The number of rotatable bonds is 5. The van der Waals surface area contributed by atoms with Crippen molar-refractivity contribution in [3.05, 3.63) is 81.6 Å². The average molecular weight is 444 g/mol. The SMILES string of the molecule is N#Cc1cccc(-c2nc3c(N)cc(NCc4c(F)cccc4F)nc3n(C3CC3)c2=O)c1. The van der Waals surface area contributed by atoms with E-state index >= 15 is 0 Å². The first-order valence-electron chi connectivity index (χ1n) is 10.4. The molecule has 0 radical (unpaired) electrons. The van der Waals surface area contributed by atoms with Gasteiger partial charge < -0.3 is 11.1 Å². The summed E-state index contributed by atoms with van der Waals surface area (Å²) in [5.74, 6) is -1.06. The maximum absolute atomic E-state index is 14.0. The highest BCUT2D eigenvalue weighted by Gasteiger charge is 2.29. The van der Waals surface area contributed by atoms with Gasteiger partial charge >= 0.3 is 0 Å². The molecule has 1 aliphatic carbocycles. The predicted octanol–water partition coefficient (Wildman–Crippen LogP) is 4.14. The van der Waals surface area contributed by atoms with E-state index in [1.807, 2.05) is 0 Å². The zero-order valence-corrected chi connectivity index (χ0v) is 17.3. The molecule has 0 saturated heterocycles. The third-order valence-electron chi connectivity index (χ3n) is 5.56. The average Bonchev–Trinajstić information content (AvgIpc) is 3.63. The molecule has 2 aromatic carbocycles. The Hall–Kier alpha value is -4.32. The molecule has 1 saturated carbocycles. The second kappa shape index (κ2) is 7.98. The van der Waals surface area contributed by atoms with Crippen LogP contribution in [0, 0.1) is 23.0 Å². The van der Waals surface area contributed by atoms with E-state index < -0.39 is 11.6 Å². The third-order valence-corrected chi connectivity index (χ3v) is 5.56. The summed E-state index contributed by atoms with van der Waals surface area (Å²) < 4.78 is 29.5. The van der Waals surface area contributed by atoms with E-state index in [2.05, 4.69) is 21.4 Å². The van der Waals surface area contributed by atoms with Crippen molar-refractivity contribution in [2.24, 2.45) is 0 Å². The summed E-state index contributed by atoms with van der Waals surface area (Å²) in [6.07, 6.45) is 1.63. The lowest BCUT2D eigenvalue weighted by Crippen LogP contribution is -2.24. The van der Waals surface area contributed by atoms with Gasteiger partial charge in [0.1, 0.15) is 28.7 Å². The van der Waals surface area contributed by atoms with Gasteiger partial charge in [-0.3, -0.25) is 9.36 Å². The van der Waals surface area contributed by atoms with Crippen LogP contribution < -0.4 is 16.6 Å². The fraction of sp³-hybridized carbons (Fsp3) is 0.167. The molecule has 164 valence electrons. The Bertz CT molecular complexity index is 1480. The molecular weight excluding hydrogens is 426 g/mol. The van der Waals surface area contributed by atoms with Crippen LogP contribution in [0.5, 0.6) is 0 Å². The minimum absolute atomic E-state index is 0.0351. The van der Waals surface area contributed by atoms with Crippen LogP contribution in [0.4, 0.5) is 20.3 Å². The number of nitrogens with zero attached hydrogens (tertiary/aromatic N) is 4. The number of benzene rings is 2. The molecule has 7 nitrogen and oxygen atoms in total. The predicted molar refractivity (Wildman–Crippen MR) is 120 cm³/mol. The van der Waals surface area contributed by atoms with Crippen molar-refractivity contribution >= 4 is 22.7 Å². The van der Waals surface area contributed by atoms with E-state index in [4.69, 9.17) is 5.73 Å². The van der Waals surface area contributed by atoms with Crippen LogP contribution in [0.3, 0.4) is 0 Å². The highest BCUT2D eigenvalue weighted by atomic mass is 19.1. The summed E-state index contributed by atoms with van der Waals surface area (Å²) >= 11 is 0. The maximum Gasteiger partial charge on any atom is 0.279 e. The standard InChI is InChI=1S/C24H18F2N6O/c25-17-5-2-6-18(26)16(17)12-29-20-10-19(28)22-23(30-20)32(15-7-8-15)24(33)21(31-22)14-4-1-3-13(9-14)11-27/h1-6,9-10,15H,7-8,12H2,(H3,28,29,30). The first kappa shape index (κ1) is 20.6. The maximum atomic E-state index is 14.0. The number of halogens is 2. The van der Waals surface area contributed by atoms with Gasteiger partial charge in [-0.25, -0.2) is 18.7 Å². The molecule has 0 spiro atoms. The molecule has 0 aliphatic heterocycles. The van der Waals surface area contributed by atoms with Gasteiger partial charge in [0.05, 0.1) is 17.3 Å². The van der Waals surface area contributed by atoms with Crippen LogP contribution in [0.2, 0.25) is 0 Å². The molecule has 0 bridgehead atoms. The highest BCUT2D eigenvalue weighted by Crippen LogP contribution is 2.37. The van der Waals surface area contributed by atoms with Gasteiger partial charge in [-0.2, -0.15) is 5.26 Å². The van der Waals surface area contributed by atoms with Crippen LogP contribution in [0.25, 0.3) is 22.4 Å². The molecule has 1 fully saturated rings. The largest absolute Gasteiger partial charge is 0.397 e. The molecule has 0 unspecified atom stereocenters. The number of nitriles is 1. The first-order chi connectivity index (χ1) is 16.0. The normalized spacial score (nSPS) is 13.1. The van der Waals surface area contributed by atoms with E-state index in [-0.39, 0.29) is 40.9 Å². The van der Waals surface area contributed by atoms with Crippen LogP contribution >= 0.6 is 0 Å². The molecule has 2 heterocycles. The minimum atomic E-state index is -0.669. The summed E-state index contributed by atoms with van der Waals surface area (Å²) in [7, 11) is 0. The number of fused-ring (bicyclic) bond motifs is 1. The lowest BCUT2D eigenvalue weighted by Gasteiger charge is -2.15. The number of anilines is 2. The van der Waals surface area contributed by atoms with E-state index in [0.717, 1.165) is 12.8 Å². The molecule has 2 aromatic heterocycles. The number of nitrogens with one attached hydrogen (secondary N) is 1. The van der Waals surface area contributed by atoms with Gasteiger partial charge in [0.25, 0.3) is 5.56 Å². The number of pyridine rings is 1. The molecule has 0 atom stereocenters. The summed E-state index contributed by atoms with van der Waals surface area (Å²) in [6.45, 7) is -0.142. The van der Waals surface area contributed by atoms with Gasteiger partial charge in [-0.1, -0.05) is 18.2 Å². The van der Waals surface area contributed by atoms with Crippen molar-refractivity contribution in [1.29, 1.82) is 5.26 Å². The quantitative estimate of drug-likeness (QED) is 0.479. The number of nitrogen functional groups attached to an aromatic ring is 1. The first-order valence-corrected chi connectivity index (χ1v) is 10.4. The lowest BCUT2D eigenvalue weighted by atomic mass is 10.1. The number of aromatic nitrogens is 3. The minimum Gasteiger partial charge on any atom is -0.397 e. The Morgan fingerprint density at radius 3 is 2.55 bits per heavy atom. The number of nitrogens with two attached hydrogens (primary N) is 1. The van der Waals surface area contributed by atoms with Crippen LogP contribution in [-0.4, -0.2) is 14.5 Å². The fourth-order valence-electron chi connectivity index (χ4n) is 3.76. The Morgan fingerprint density at radius 1 is 1.12 bits per heavy atom. The van der Waals surface area contributed by atoms with Crippen molar-refractivity contribution in [1.82, 2.24) is 14.5 Å². The molecular formula is C24H18F2N6O. The molecule has 3 N–H and O–H groups in total. The van der Waals surface area contributed by atoms with Gasteiger partial charge in [0, 0.05) is 29.8 Å². The van der Waals surface area contributed by atoms with Crippen molar-refractivity contribution in [3.63, 3.8) is 0 Å². The van der Waals surface area contributed by atoms with E-state index in [0.29, 0.717) is 22.3 Å². The molecule has 4 aromatic rings. The molecule has 33 heavy (non-hydrogen) atoms. The summed E-state index contributed by atoms with van der Waals surface area (Å²) in [5, 5.41) is 12.1. The fourth-order valence-corrected chi connectivity index (χ4v) is 3.76. The molecule has 5 rings (SSSR count). The summed E-state index contributed by atoms with van der Waals surface area (Å²) in [5.41, 5.74) is 7.86. The van der Waals surface area contributed by atoms with Gasteiger partial charge in [-0.05, 0) is 37.1 Å². The lowest BCUT2D eigenvalue weighted by molar-refractivity contribution is 0.560. The van der Waals surface area contributed by atoms with Crippen molar-refractivity contribution < 1.29 is 8.78 Å². The molecule has 1 aliphatic rings. The highest BCUT2D eigenvalue weighted by molar-refractivity contribution is 5.88. The number of hydrogen-bond donors (Lipinski definition) is 2. The zero-order chi connectivity index (χ0) is 23.1. The monoisotopic (exact) mass is 444 g/mol. The van der Waals surface area contributed by atoms with Crippen molar-refractivity contribution in [2.75, 3.05) is 11.1 Å². The van der Waals surface area contributed by atoms with Gasteiger partial charge in [-0.15, -0.1) is 0 Å². The van der Waals surface area contributed by atoms with Crippen LogP contribution in [0.1, 0.15) is 30.0 Å². The van der Waals surface area contributed by atoms with Gasteiger partial charge in [0.15, 0.2) is 5.65 Å². The van der Waals surface area contributed by atoms with Crippen LogP contribution in [0.15, 0.2) is 53.3 Å². The Labute approximate surface area is 187 Å². The topological polar surface area (TPSA) is 110 Å². The van der Waals surface area contributed by atoms with Crippen LogP contribution in [-0.2, 0) is 6.54 Å². The summed E-state index contributed by atoms with van der Waals surface area (Å²) in [6, 6.07) is 13.9. The van der Waals surface area contributed by atoms with Crippen molar-refractivity contribution in [2.45, 2.75) is 25.4 Å². The third kappa shape index (κ3) is 3.76. The van der Waals surface area contributed by atoms with E-state index in [9.17, 15) is 18.8 Å². The molecule has 9 heteroatoms. The second-order valence-electron chi connectivity index (χ2n) is 7.88. The number of hydrogen-bond acceptors (Lipinski definition) is 6. The van der Waals surface area contributed by atoms with Gasteiger partial charge in [0.2, 0.25) is 0 Å². The molecule has 0 amide bonds.